The van der Waals surface area contributed by atoms with Gasteiger partial charge in [0.2, 0.25) is 0 Å². The SMILES string of the molecule is CC(C)(CSC(COC=O)OC=O)C(=O)OCc1ccccc1.CC(C)(CSC(COC=O)OC=O)C(=O)Oc1ccccc1.CC(C)(CSCCOP(=O)(O)O)C(=O)Oc1ccc2ccccc2c1.CC(C)(CSCCOP(=O)(O)O)C(=O)Oc1ccccc1.CC(C)(CSCOC=O)C(=O)Oc1ccc2ccccc2c1.CC(CSC(COC=O)OC=O)C(=O)Oc1ccc2ccccc2c1. The molecule has 0 aliphatic heterocycles. The first-order valence-corrected chi connectivity index (χ1v) is 51.6. The molecule has 0 spiro atoms. The summed E-state index contributed by atoms with van der Waals surface area (Å²) < 4.78 is 94.8. The van der Waals surface area contributed by atoms with E-state index in [1.165, 1.54) is 70.6 Å². The number of esters is 6. The average Bonchev–Trinajstić information content (AvgIpc) is 0.788. The Kier molecular flexibility index (Phi) is 55.2. The third kappa shape index (κ3) is 49.7. The van der Waals surface area contributed by atoms with Crippen LogP contribution in [0.5, 0.6) is 28.7 Å². The van der Waals surface area contributed by atoms with Crippen molar-refractivity contribution in [1.82, 2.24) is 0 Å². The summed E-state index contributed by atoms with van der Waals surface area (Å²) >= 11 is 7.71. The highest BCUT2D eigenvalue weighted by atomic mass is 32.2. The lowest BCUT2D eigenvalue weighted by Gasteiger charge is -2.24. The van der Waals surface area contributed by atoms with Gasteiger partial charge in [0.1, 0.15) is 61.1 Å². The van der Waals surface area contributed by atoms with Gasteiger partial charge in [-0.15, -0.1) is 47.0 Å². The number of fused-ring (bicyclic) bond motifs is 3. The number of para-hydroxylation sites is 2. The molecule has 0 bridgehead atoms. The minimum atomic E-state index is -4.44. The van der Waals surface area contributed by atoms with Crippen molar-refractivity contribution in [3.63, 3.8) is 0 Å². The van der Waals surface area contributed by atoms with E-state index < -0.39 is 70.9 Å². The van der Waals surface area contributed by atoms with E-state index in [1.807, 2.05) is 166 Å². The Balaban J connectivity index is 0.000000346. The summed E-state index contributed by atoms with van der Waals surface area (Å²) in [6.07, 6.45) is 0. The second kappa shape index (κ2) is 63.7. The predicted molar refractivity (Wildman–Crippen MR) is 529 cm³/mol. The van der Waals surface area contributed by atoms with Crippen LogP contribution in [0.15, 0.2) is 218 Å². The summed E-state index contributed by atoms with van der Waals surface area (Å²) in [5.41, 5.74) is -4.74. The summed E-state index contributed by atoms with van der Waals surface area (Å²) in [4.78, 5) is 180. The molecule has 138 heavy (non-hydrogen) atoms. The zero-order valence-corrected chi connectivity index (χ0v) is 84.3. The number of carbonyl (C=O) groups excluding carboxylic acids is 13. The molecule has 0 saturated heterocycles. The van der Waals surface area contributed by atoms with Crippen molar-refractivity contribution in [1.29, 1.82) is 0 Å². The number of phosphoric ester groups is 2. The molecule has 0 aliphatic rings. The molecule has 748 valence electrons. The van der Waals surface area contributed by atoms with E-state index in [0.717, 1.165) is 37.9 Å². The lowest BCUT2D eigenvalue weighted by atomic mass is 9.97. The van der Waals surface area contributed by atoms with E-state index in [9.17, 15) is 71.5 Å². The number of thioether (sulfide) groups is 6. The number of ether oxygens (including phenoxy) is 13. The number of hydrogen-bond donors (Lipinski definition) is 4. The van der Waals surface area contributed by atoms with Crippen LogP contribution in [0.4, 0.5) is 0 Å². The maximum absolute atomic E-state index is 12.4. The van der Waals surface area contributed by atoms with Gasteiger partial charge in [-0.25, -0.2) is 9.13 Å². The maximum Gasteiger partial charge on any atom is 0.469 e. The second-order valence-electron chi connectivity index (χ2n) is 32.2. The molecule has 0 aliphatic carbocycles. The zero-order valence-electron chi connectivity index (χ0n) is 77.6. The van der Waals surface area contributed by atoms with Crippen LogP contribution < -0.4 is 23.7 Å². The molecule has 0 heterocycles. The average molecular weight is 2070 g/mol. The summed E-state index contributed by atoms with van der Waals surface area (Å²) in [6.45, 7) is 21.2. The normalized spacial score (nSPS) is 12.1. The van der Waals surface area contributed by atoms with Crippen LogP contribution in [0.2, 0.25) is 0 Å². The Morgan fingerprint density at radius 2 is 0.630 bits per heavy atom. The maximum atomic E-state index is 12.4. The first-order chi connectivity index (χ1) is 65.5. The van der Waals surface area contributed by atoms with E-state index >= 15 is 0 Å². The summed E-state index contributed by atoms with van der Waals surface area (Å²) in [5, 5.41) is 6.24. The fourth-order valence-corrected chi connectivity index (χ4v) is 17.1. The molecule has 4 atom stereocenters. The minimum Gasteiger partial charge on any atom is -0.463 e. The molecular formula is C96H114O34P2S6. The van der Waals surface area contributed by atoms with Crippen molar-refractivity contribution in [2.45, 2.75) is 99.1 Å². The van der Waals surface area contributed by atoms with Gasteiger partial charge in [-0.1, -0.05) is 165 Å². The molecule has 4 unspecified atom stereocenters. The van der Waals surface area contributed by atoms with Crippen molar-refractivity contribution in [3.8, 4) is 28.7 Å². The van der Waals surface area contributed by atoms with Crippen LogP contribution in [-0.4, -0.2) is 202 Å². The molecular weight excluding hydrogens is 1950 g/mol. The van der Waals surface area contributed by atoms with Gasteiger partial charge in [0, 0.05) is 46.0 Å². The zero-order chi connectivity index (χ0) is 102. The molecule has 0 fully saturated rings. The molecule has 0 radical (unpaired) electrons. The van der Waals surface area contributed by atoms with E-state index in [1.54, 1.807) is 129 Å². The van der Waals surface area contributed by atoms with Crippen LogP contribution in [0, 0.1) is 33.0 Å². The molecule has 9 rings (SSSR count). The minimum absolute atomic E-state index is 0.0674. The van der Waals surface area contributed by atoms with Crippen LogP contribution in [0.1, 0.15) is 81.7 Å². The molecule has 42 heteroatoms. The highest BCUT2D eigenvalue weighted by molar-refractivity contribution is 8.00. The van der Waals surface area contributed by atoms with Crippen LogP contribution >= 0.6 is 86.2 Å². The lowest BCUT2D eigenvalue weighted by Crippen LogP contribution is -2.32. The summed E-state index contributed by atoms with van der Waals surface area (Å²) in [7, 11) is -8.85. The number of carbonyl (C=O) groups is 13. The van der Waals surface area contributed by atoms with Crippen molar-refractivity contribution >= 4 is 200 Å². The standard InChI is InChI=1S/C18H18O6S.C17H21O6PS.C17H18O4S.C16H20O6S.C15H18O6S.C13H19O6PS/c1-13(10-25-17(23-12-20)9-22-11-19)18(21)24-16-7-6-14-4-2-3-5-15(14)8-16;1-17(2,12-25-10-9-22-24(19,20)21)16(18)23-15-8-7-13-5-3-4-6-14(13)11-15;1-17(2,10-22-12-20-11-18)16(19)21-15-8-7-13-5-3-4-6-14(13)9-15;1-16(2,10-23-14(22-12-18)9-20-11-17)15(19)21-8-13-6-4-3-5-7-13;1-15(2,9-22-13(20-11-17)8-19-10-16)14(18)21-12-6-4-3-5-7-12;1-13(2,10-21-9-8-18-20(15,16)17)12(14)19-11-6-4-3-5-7-11/h2-8,11-13,17H,9-10H2,1H3;3-8,11H,9-10,12H2,1-2H3,(H2,19,20,21);3-9,11H,10,12H2,1-2H3;3-7,11-12,14H,8-10H2,1-2H3;3-7,10-11,13H,8-9H2,1-2H3;3-7H,8-10H2,1-2H3,(H2,15,16,17). The highest BCUT2D eigenvalue weighted by Gasteiger charge is 2.36. The molecule has 34 nitrogen and oxygen atoms in total. The monoisotopic (exact) mass is 2060 g/mol. The highest BCUT2D eigenvalue weighted by Crippen LogP contribution is 2.39. The van der Waals surface area contributed by atoms with E-state index in [-0.39, 0.29) is 114 Å². The predicted octanol–water partition coefficient (Wildman–Crippen LogP) is 16.7. The Morgan fingerprint density at radius 1 is 0.333 bits per heavy atom. The molecule has 0 amide bonds. The van der Waals surface area contributed by atoms with Crippen LogP contribution in [-0.2, 0) is 125 Å². The molecule has 9 aromatic carbocycles. The van der Waals surface area contributed by atoms with Gasteiger partial charge in [-0.05, 0) is 168 Å². The van der Waals surface area contributed by atoms with E-state index in [2.05, 4.69) is 28.0 Å². The fraction of sp³-hybridized carbons (Fsp3) is 0.365. The van der Waals surface area contributed by atoms with E-state index in [4.69, 9.17) is 62.2 Å². The second-order valence-corrected chi connectivity index (χ2v) is 41.3. The van der Waals surface area contributed by atoms with Crippen LogP contribution in [0.25, 0.3) is 32.3 Å². The largest absolute Gasteiger partial charge is 0.469 e. The quantitative estimate of drug-likeness (QED) is 0.00523. The van der Waals surface area contributed by atoms with Crippen molar-refractivity contribution in [2.75, 3.05) is 85.0 Å². The third-order valence-electron chi connectivity index (χ3n) is 18.0. The molecule has 4 N–H and O–H groups in total. The molecule has 0 aromatic heterocycles. The van der Waals surface area contributed by atoms with E-state index in [0.29, 0.717) is 81.2 Å². The van der Waals surface area contributed by atoms with Gasteiger partial charge in [-0.2, -0.15) is 23.5 Å². The van der Waals surface area contributed by atoms with Gasteiger partial charge < -0.3 is 81.2 Å². The van der Waals surface area contributed by atoms with Crippen LogP contribution in [0.3, 0.4) is 0 Å². The van der Waals surface area contributed by atoms with Crippen molar-refractivity contribution < 1.29 is 162 Å². The van der Waals surface area contributed by atoms with Gasteiger partial charge in [-0.3, -0.25) is 71.4 Å². The van der Waals surface area contributed by atoms with Gasteiger partial charge in [0.05, 0.1) is 46.2 Å². The number of hydrogen-bond acceptors (Lipinski definition) is 36. The lowest BCUT2D eigenvalue weighted by molar-refractivity contribution is -0.154. The third-order valence-corrected chi connectivity index (χ3v) is 27.3. The first-order valence-electron chi connectivity index (χ1n) is 41.9. The fourth-order valence-electron chi connectivity index (χ4n) is 10.4. The van der Waals surface area contributed by atoms with Gasteiger partial charge in [0.25, 0.3) is 45.3 Å². The summed E-state index contributed by atoms with van der Waals surface area (Å²) in [5.74, 6) is 3.33. The molecule has 9 aromatic rings. The van der Waals surface area contributed by atoms with Gasteiger partial charge in [0.15, 0.2) is 16.3 Å². The summed E-state index contributed by atoms with van der Waals surface area (Å²) in [6, 6.07) is 67.0. The number of rotatable bonds is 54. The Bertz CT molecular complexity index is 5360. The molecule has 0 saturated carbocycles. The first kappa shape index (κ1) is 119. The van der Waals surface area contributed by atoms with Gasteiger partial charge >= 0.3 is 51.5 Å². The topological polar surface area (TPSA) is 475 Å². The smallest absolute Gasteiger partial charge is 0.463 e. The van der Waals surface area contributed by atoms with Crippen molar-refractivity contribution in [3.05, 3.63) is 224 Å². The Labute approximate surface area is 825 Å². The van der Waals surface area contributed by atoms with Crippen molar-refractivity contribution in [2.24, 2.45) is 33.0 Å². The number of phosphoric acid groups is 2. The Hall–Kier alpha value is -10.8. The number of benzene rings is 9. The Morgan fingerprint density at radius 3 is 0.971 bits per heavy atom.